The van der Waals surface area contributed by atoms with Gasteiger partial charge in [-0.15, -0.1) is 0 Å². The van der Waals surface area contributed by atoms with Crippen LogP contribution in [0.1, 0.15) is 11.1 Å². The van der Waals surface area contributed by atoms with Crippen LogP contribution in [0.4, 0.5) is 0 Å². The van der Waals surface area contributed by atoms with E-state index in [-0.39, 0.29) is 12.4 Å². The summed E-state index contributed by atoms with van der Waals surface area (Å²) < 4.78 is 17.3. The molecule has 1 aromatic heterocycles. The van der Waals surface area contributed by atoms with Crippen molar-refractivity contribution in [2.75, 3.05) is 0 Å². The van der Waals surface area contributed by atoms with Crippen LogP contribution in [-0.4, -0.2) is 0 Å². The lowest BCUT2D eigenvalue weighted by Crippen LogP contribution is -2.10. The molecule has 27 heavy (non-hydrogen) atoms. The lowest BCUT2D eigenvalue weighted by Gasteiger charge is -2.14. The molecule has 0 bridgehead atoms. The summed E-state index contributed by atoms with van der Waals surface area (Å²) in [5, 5.41) is 0.705. The molecule has 0 N–H and O–H groups in total. The summed E-state index contributed by atoms with van der Waals surface area (Å²) in [6.45, 7) is 0.585. The Bertz CT molecular complexity index is 1090. The van der Waals surface area contributed by atoms with Crippen LogP contribution >= 0.6 is 0 Å². The van der Waals surface area contributed by atoms with E-state index in [0.29, 0.717) is 23.3 Å². The van der Waals surface area contributed by atoms with Crippen molar-refractivity contribution in [3.63, 3.8) is 0 Å². The van der Waals surface area contributed by atoms with Crippen molar-refractivity contribution in [3.8, 4) is 11.5 Å². The first-order chi connectivity index (χ1) is 13.3. The summed E-state index contributed by atoms with van der Waals surface area (Å²) in [5.41, 5.74) is 1.88. The largest absolute Gasteiger partial charge is 0.484 e. The van der Waals surface area contributed by atoms with Gasteiger partial charge in [-0.1, -0.05) is 72.8 Å². The monoisotopic (exact) mass is 358 g/mol. The van der Waals surface area contributed by atoms with E-state index in [9.17, 15) is 4.79 Å². The van der Waals surface area contributed by atoms with E-state index in [1.807, 2.05) is 78.9 Å². The Balaban J connectivity index is 1.70. The first-order valence-electron chi connectivity index (χ1n) is 8.70. The molecule has 0 aliphatic rings. The zero-order valence-electron chi connectivity index (χ0n) is 14.6. The van der Waals surface area contributed by atoms with E-state index in [2.05, 4.69) is 0 Å². The Morgan fingerprint density at radius 1 is 0.630 bits per heavy atom. The fourth-order valence-electron chi connectivity index (χ4n) is 2.83. The molecular formula is C23H18O4. The van der Waals surface area contributed by atoms with Crippen molar-refractivity contribution < 1.29 is 13.9 Å². The van der Waals surface area contributed by atoms with Crippen molar-refractivity contribution in [1.29, 1.82) is 0 Å². The average molecular weight is 358 g/mol. The summed E-state index contributed by atoms with van der Waals surface area (Å²) in [5.74, 6) is 0.495. The molecule has 0 aliphatic carbocycles. The normalized spacial score (nSPS) is 10.7. The number of ether oxygens (including phenoxy) is 2. The Labute approximate surface area is 156 Å². The molecule has 4 rings (SSSR count). The molecule has 0 saturated heterocycles. The van der Waals surface area contributed by atoms with Gasteiger partial charge in [-0.05, 0) is 23.3 Å². The van der Waals surface area contributed by atoms with E-state index < -0.39 is 5.63 Å². The molecule has 4 heteroatoms. The van der Waals surface area contributed by atoms with Crippen molar-refractivity contribution >= 4 is 11.0 Å². The highest BCUT2D eigenvalue weighted by Crippen LogP contribution is 2.33. The zero-order valence-corrected chi connectivity index (χ0v) is 14.6. The molecule has 0 fully saturated rings. The molecule has 1 heterocycles. The lowest BCUT2D eigenvalue weighted by molar-refractivity contribution is 0.247. The highest BCUT2D eigenvalue weighted by molar-refractivity contribution is 5.85. The standard InChI is InChI=1S/C23H18O4/c24-23-22(26-16-18-11-5-2-6-12-18)21(19-13-7-8-14-20(19)27-23)25-15-17-9-3-1-4-10-17/h1-14H,15-16H2. The average Bonchev–Trinajstić information content (AvgIpc) is 2.72. The van der Waals surface area contributed by atoms with Crippen LogP contribution in [0.3, 0.4) is 0 Å². The van der Waals surface area contributed by atoms with Gasteiger partial charge in [-0.25, -0.2) is 4.79 Å². The van der Waals surface area contributed by atoms with Crippen LogP contribution in [0.25, 0.3) is 11.0 Å². The molecule has 4 aromatic rings. The maximum Gasteiger partial charge on any atom is 0.383 e. The minimum Gasteiger partial charge on any atom is -0.484 e. The Morgan fingerprint density at radius 3 is 1.78 bits per heavy atom. The summed E-state index contributed by atoms with van der Waals surface area (Å²) in [7, 11) is 0. The first-order valence-corrected chi connectivity index (χ1v) is 8.70. The van der Waals surface area contributed by atoms with Gasteiger partial charge in [-0.2, -0.15) is 0 Å². The van der Waals surface area contributed by atoms with E-state index in [4.69, 9.17) is 13.9 Å². The highest BCUT2D eigenvalue weighted by atomic mass is 16.5. The van der Waals surface area contributed by atoms with Gasteiger partial charge in [0.25, 0.3) is 0 Å². The Morgan fingerprint density at radius 2 is 1.15 bits per heavy atom. The third kappa shape index (κ3) is 3.85. The fourth-order valence-corrected chi connectivity index (χ4v) is 2.83. The number of fused-ring (bicyclic) bond motifs is 1. The molecule has 0 unspecified atom stereocenters. The molecule has 4 nitrogen and oxygen atoms in total. The van der Waals surface area contributed by atoms with E-state index in [1.165, 1.54) is 0 Å². The molecule has 0 atom stereocenters. The molecule has 3 aromatic carbocycles. The van der Waals surface area contributed by atoms with Crippen LogP contribution in [0, 0.1) is 0 Å². The number of hydrogen-bond donors (Lipinski definition) is 0. The molecule has 0 radical (unpaired) electrons. The van der Waals surface area contributed by atoms with E-state index in [0.717, 1.165) is 11.1 Å². The molecule has 0 amide bonds. The fraction of sp³-hybridized carbons (Fsp3) is 0.0870. The topological polar surface area (TPSA) is 48.7 Å². The second-order valence-electron chi connectivity index (χ2n) is 6.09. The molecule has 0 saturated carbocycles. The maximum atomic E-state index is 12.5. The van der Waals surface area contributed by atoms with Gasteiger partial charge in [0.15, 0.2) is 5.75 Å². The van der Waals surface area contributed by atoms with Gasteiger partial charge in [0.1, 0.15) is 18.8 Å². The summed E-state index contributed by atoms with van der Waals surface area (Å²) in [4.78, 5) is 12.5. The highest BCUT2D eigenvalue weighted by Gasteiger charge is 2.18. The smallest absolute Gasteiger partial charge is 0.383 e. The third-order valence-electron chi connectivity index (χ3n) is 4.18. The predicted molar refractivity (Wildman–Crippen MR) is 104 cm³/mol. The first kappa shape index (κ1) is 16.9. The summed E-state index contributed by atoms with van der Waals surface area (Å²) in [6.07, 6.45) is 0. The number of para-hydroxylation sites is 1. The number of rotatable bonds is 6. The van der Waals surface area contributed by atoms with E-state index in [1.54, 1.807) is 6.07 Å². The molecule has 134 valence electrons. The number of benzene rings is 3. The molecule has 0 aliphatic heterocycles. The Hall–Kier alpha value is -3.53. The van der Waals surface area contributed by atoms with Gasteiger partial charge in [0, 0.05) is 0 Å². The molecule has 0 spiro atoms. The molecular weight excluding hydrogens is 340 g/mol. The van der Waals surface area contributed by atoms with Gasteiger partial charge >= 0.3 is 5.63 Å². The van der Waals surface area contributed by atoms with Crippen LogP contribution in [-0.2, 0) is 13.2 Å². The van der Waals surface area contributed by atoms with Crippen molar-refractivity contribution in [2.24, 2.45) is 0 Å². The zero-order chi connectivity index (χ0) is 18.5. The number of hydrogen-bond acceptors (Lipinski definition) is 4. The third-order valence-corrected chi connectivity index (χ3v) is 4.18. The SMILES string of the molecule is O=c1oc2ccccc2c(OCc2ccccc2)c1OCc1ccccc1. The lowest BCUT2D eigenvalue weighted by atomic mass is 10.2. The maximum absolute atomic E-state index is 12.5. The van der Waals surface area contributed by atoms with Crippen molar-refractivity contribution in [3.05, 3.63) is 106 Å². The Kier molecular flexibility index (Phi) is 4.88. The van der Waals surface area contributed by atoms with Gasteiger partial charge < -0.3 is 13.9 Å². The van der Waals surface area contributed by atoms with E-state index >= 15 is 0 Å². The summed E-state index contributed by atoms with van der Waals surface area (Å²) in [6, 6.07) is 26.7. The quantitative estimate of drug-likeness (QED) is 0.458. The predicted octanol–water partition coefficient (Wildman–Crippen LogP) is 4.95. The van der Waals surface area contributed by atoms with Crippen LogP contribution in [0.2, 0.25) is 0 Å². The van der Waals surface area contributed by atoms with Crippen molar-refractivity contribution in [1.82, 2.24) is 0 Å². The van der Waals surface area contributed by atoms with Crippen molar-refractivity contribution in [2.45, 2.75) is 13.2 Å². The van der Waals surface area contributed by atoms with Gasteiger partial charge in [0.05, 0.1) is 5.39 Å². The second kappa shape index (κ2) is 7.79. The van der Waals surface area contributed by atoms with Crippen LogP contribution in [0.15, 0.2) is 94.1 Å². The minimum atomic E-state index is -0.548. The van der Waals surface area contributed by atoms with Crippen LogP contribution in [0.5, 0.6) is 11.5 Å². The van der Waals surface area contributed by atoms with Gasteiger partial charge in [0.2, 0.25) is 5.75 Å². The second-order valence-corrected chi connectivity index (χ2v) is 6.09. The van der Waals surface area contributed by atoms with Crippen LogP contribution < -0.4 is 15.1 Å². The van der Waals surface area contributed by atoms with Gasteiger partial charge in [-0.3, -0.25) is 0 Å². The summed E-state index contributed by atoms with van der Waals surface area (Å²) >= 11 is 0. The minimum absolute atomic E-state index is 0.0912.